The van der Waals surface area contributed by atoms with E-state index >= 15 is 0 Å². The molecule has 0 bridgehead atoms. The smallest absolute Gasteiger partial charge is 0.252 e. The Hall–Kier alpha value is -1.31. The molecule has 19 heavy (non-hydrogen) atoms. The summed E-state index contributed by atoms with van der Waals surface area (Å²) >= 11 is 2.19. The van der Waals surface area contributed by atoms with Gasteiger partial charge in [0.15, 0.2) is 5.84 Å². The summed E-state index contributed by atoms with van der Waals surface area (Å²) in [6.07, 6.45) is 3.34. The van der Waals surface area contributed by atoms with Gasteiger partial charge >= 0.3 is 0 Å². The van der Waals surface area contributed by atoms with Crippen LogP contribution in [0, 0.1) is 3.57 Å². The Morgan fingerprint density at radius 3 is 2.42 bits per heavy atom. The van der Waals surface area contributed by atoms with Crippen LogP contribution in [0.5, 0.6) is 0 Å². The van der Waals surface area contributed by atoms with Gasteiger partial charge in [-0.2, -0.15) is 0 Å². The minimum Gasteiger partial charge on any atom is -0.409 e. The van der Waals surface area contributed by atoms with Crippen LogP contribution in [0.3, 0.4) is 0 Å². The molecule has 1 amide bonds. The van der Waals surface area contributed by atoms with Crippen molar-refractivity contribution in [3.8, 4) is 0 Å². The third-order valence-electron chi connectivity index (χ3n) is 3.51. The summed E-state index contributed by atoms with van der Waals surface area (Å²) < 4.78 is 1.07. The SMILES string of the molecule is N/C(=N/O)C1(NC(=O)c2ccc(I)cc2)CCCC1. The molecule has 0 saturated heterocycles. The number of nitrogens with zero attached hydrogens (tertiary/aromatic N) is 1. The first-order valence-corrected chi connectivity index (χ1v) is 7.21. The Morgan fingerprint density at radius 2 is 1.89 bits per heavy atom. The van der Waals surface area contributed by atoms with Crippen molar-refractivity contribution in [2.24, 2.45) is 10.9 Å². The molecule has 1 saturated carbocycles. The first-order valence-electron chi connectivity index (χ1n) is 6.13. The molecule has 0 aliphatic heterocycles. The predicted octanol–water partition coefficient (Wildman–Crippen LogP) is 2.08. The number of amides is 1. The Morgan fingerprint density at radius 1 is 1.32 bits per heavy atom. The van der Waals surface area contributed by atoms with E-state index in [1.807, 2.05) is 12.1 Å². The maximum absolute atomic E-state index is 12.2. The molecule has 6 heteroatoms. The van der Waals surface area contributed by atoms with Gasteiger partial charge in [-0.25, -0.2) is 0 Å². The van der Waals surface area contributed by atoms with Crippen molar-refractivity contribution < 1.29 is 10.0 Å². The highest BCUT2D eigenvalue weighted by molar-refractivity contribution is 14.1. The van der Waals surface area contributed by atoms with Crippen LogP contribution < -0.4 is 11.1 Å². The van der Waals surface area contributed by atoms with Crippen LogP contribution in [0.25, 0.3) is 0 Å². The van der Waals surface area contributed by atoms with E-state index < -0.39 is 5.54 Å². The molecule has 0 unspecified atom stereocenters. The van der Waals surface area contributed by atoms with Gasteiger partial charge in [0.25, 0.3) is 5.91 Å². The van der Waals surface area contributed by atoms with Crippen LogP contribution in [0.4, 0.5) is 0 Å². The fraction of sp³-hybridized carbons (Fsp3) is 0.385. The molecule has 0 spiro atoms. The molecule has 0 aromatic heterocycles. The highest BCUT2D eigenvalue weighted by Gasteiger charge is 2.39. The number of rotatable bonds is 3. The highest BCUT2D eigenvalue weighted by Crippen LogP contribution is 2.30. The number of oxime groups is 1. The lowest BCUT2D eigenvalue weighted by Gasteiger charge is -2.28. The van der Waals surface area contributed by atoms with Crippen LogP contribution in [-0.4, -0.2) is 22.5 Å². The van der Waals surface area contributed by atoms with E-state index in [4.69, 9.17) is 10.9 Å². The molecule has 1 fully saturated rings. The average molecular weight is 373 g/mol. The largest absolute Gasteiger partial charge is 0.409 e. The third-order valence-corrected chi connectivity index (χ3v) is 4.23. The molecule has 102 valence electrons. The molecule has 5 nitrogen and oxygen atoms in total. The second kappa shape index (κ2) is 5.77. The van der Waals surface area contributed by atoms with Crippen LogP contribution in [-0.2, 0) is 0 Å². The number of hydrogen-bond donors (Lipinski definition) is 3. The number of benzene rings is 1. The summed E-state index contributed by atoms with van der Waals surface area (Å²) in [4.78, 5) is 12.2. The second-order valence-electron chi connectivity index (χ2n) is 4.74. The lowest BCUT2D eigenvalue weighted by atomic mass is 9.95. The second-order valence-corrected chi connectivity index (χ2v) is 5.98. The maximum atomic E-state index is 12.2. The molecule has 0 radical (unpaired) electrons. The third kappa shape index (κ3) is 2.99. The van der Waals surface area contributed by atoms with Crippen molar-refractivity contribution >= 4 is 34.3 Å². The summed E-state index contributed by atoms with van der Waals surface area (Å²) in [5, 5.41) is 14.9. The first kappa shape index (κ1) is 14.1. The molecule has 1 aromatic rings. The van der Waals surface area contributed by atoms with Gasteiger partial charge in [0.05, 0.1) is 0 Å². The summed E-state index contributed by atoms with van der Waals surface area (Å²) in [6.45, 7) is 0. The van der Waals surface area contributed by atoms with Gasteiger partial charge in [-0.3, -0.25) is 4.79 Å². The summed E-state index contributed by atoms with van der Waals surface area (Å²) in [5.41, 5.74) is 5.63. The van der Waals surface area contributed by atoms with E-state index in [-0.39, 0.29) is 11.7 Å². The fourth-order valence-electron chi connectivity index (χ4n) is 2.41. The van der Waals surface area contributed by atoms with Gasteiger partial charge in [0.2, 0.25) is 0 Å². The summed E-state index contributed by atoms with van der Waals surface area (Å²) in [6, 6.07) is 7.29. The van der Waals surface area contributed by atoms with E-state index in [0.29, 0.717) is 18.4 Å². The van der Waals surface area contributed by atoms with Crippen molar-refractivity contribution in [2.75, 3.05) is 0 Å². The van der Waals surface area contributed by atoms with Crippen LogP contribution >= 0.6 is 22.6 Å². The monoisotopic (exact) mass is 373 g/mol. The van der Waals surface area contributed by atoms with Crippen molar-refractivity contribution in [2.45, 2.75) is 31.2 Å². The van der Waals surface area contributed by atoms with Crippen molar-refractivity contribution in [3.63, 3.8) is 0 Å². The lowest BCUT2D eigenvalue weighted by molar-refractivity contribution is 0.0922. The molecule has 1 aromatic carbocycles. The van der Waals surface area contributed by atoms with Crippen LogP contribution in [0.1, 0.15) is 36.0 Å². The molecule has 0 heterocycles. The van der Waals surface area contributed by atoms with E-state index in [1.165, 1.54) is 0 Å². The van der Waals surface area contributed by atoms with Gasteiger partial charge in [-0.05, 0) is 59.7 Å². The minimum atomic E-state index is -0.700. The molecule has 0 atom stereocenters. The van der Waals surface area contributed by atoms with Gasteiger partial charge in [0.1, 0.15) is 5.54 Å². The fourth-order valence-corrected chi connectivity index (χ4v) is 2.77. The topological polar surface area (TPSA) is 87.7 Å². The van der Waals surface area contributed by atoms with E-state index in [2.05, 4.69) is 33.1 Å². The van der Waals surface area contributed by atoms with Crippen molar-refractivity contribution in [3.05, 3.63) is 33.4 Å². The molecule has 4 N–H and O–H groups in total. The van der Waals surface area contributed by atoms with Crippen LogP contribution in [0.2, 0.25) is 0 Å². The number of carbonyl (C=O) groups excluding carboxylic acids is 1. The van der Waals surface area contributed by atoms with Crippen LogP contribution in [0.15, 0.2) is 29.4 Å². The summed E-state index contributed by atoms with van der Waals surface area (Å²) in [5.74, 6) is -0.103. The minimum absolute atomic E-state index is 0.0869. The number of halogens is 1. The average Bonchev–Trinajstić information content (AvgIpc) is 2.88. The van der Waals surface area contributed by atoms with Crippen molar-refractivity contribution in [1.29, 1.82) is 0 Å². The zero-order chi connectivity index (χ0) is 13.9. The van der Waals surface area contributed by atoms with Gasteiger partial charge in [-0.1, -0.05) is 18.0 Å². The number of carbonyl (C=O) groups is 1. The predicted molar refractivity (Wildman–Crippen MR) is 81.2 cm³/mol. The molecular formula is C13H16IN3O2. The number of hydrogen-bond acceptors (Lipinski definition) is 3. The standard InChI is InChI=1S/C13H16IN3O2/c14-10-5-3-9(4-6-10)11(18)16-13(12(15)17-19)7-1-2-8-13/h3-6,19H,1-2,7-8H2,(H2,15,17)(H,16,18). The molecule has 1 aliphatic rings. The summed E-state index contributed by atoms with van der Waals surface area (Å²) in [7, 11) is 0. The number of amidine groups is 1. The Bertz CT molecular complexity index is 493. The number of nitrogens with two attached hydrogens (primary N) is 1. The lowest BCUT2D eigenvalue weighted by Crippen LogP contribution is -2.55. The molecule has 1 aliphatic carbocycles. The number of nitrogens with one attached hydrogen (secondary N) is 1. The Balaban J connectivity index is 2.18. The molecular weight excluding hydrogens is 357 g/mol. The first-order chi connectivity index (χ1) is 9.07. The van der Waals surface area contributed by atoms with Gasteiger partial charge in [-0.15, -0.1) is 0 Å². The van der Waals surface area contributed by atoms with E-state index in [9.17, 15) is 4.79 Å². The Labute approximate surface area is 125 Å². The normalized spacial score (nSPS) is 18.3. The van der Waals surface area contributed by atoms with Gasteiger partial charge < -0.3 is 16.3 Å². The molecule has 2 rings (SSSR count). The maximum Gasteiger partial charge on any atom is 0.252 e. The van der Waals surface area contributed by atoms with Crippen molar-refractivity contribution in [1.82, 2.24) is 5.32 Å². The van der Waals surface area contributed by atoms with E-state index in [1.54, 1.807) is 12.1 Å². The highest BCUT2D eigenvalue weighted by atomic mass is 127. The zero-order valence-electron chi connectivity index (χ0n) is 10.4. The van der Waals surface area contributed by atoms with Gasteiger partial charge in [0, 0.05) is 9.13 Å². The quantitative estimate of drug-likeness (QED) is 0.249. The van der Waals surface area contributed by atoms with E-state index in [0.717, 1.165) is 16.4 Å². The Kier molecular flexibility index (Phi) is 4.28. The zero-order valence-corrected chi connectivity index (χ0v) is 12.6.